The predicted octanol–water partition coefficient (Wildman–Crippen LogP) is 3.17. The maximum absolute atomic E-state index is 12.8. The fraction of sp³-hybridized carbons (Fsp3) is 0.286. The summed E-state index contributed by atoms with van der Waals surface area (Å²) in [6.45, 7) is 0.398. The Labute approximate surface area is 169 Å². The monoisotopic (exact) mass is 399 g/mol. The highest BCUT2D eigenvalue weighted by Crippen LogP contribution is 2.25. The van der Waals surface area contributed by atoms with Gasteiger partial charge in [0.2, 0.25) is 11.8 Å². The minimum atomic E-state index is -0.533. The van der Waals surface area contributed by atoms with E-state index >= 15 is 0 Å². The summed E-state index contributed by atoms with van der Waals surface area (Å²) in [4.78, 5) is 40.2. The molecule has 0 saturated carbocycles. The molecule has 2 aromatic carbocycles. The molecule has 0 radical (unpaired) electrons. The average Bonchev–Trinajstić information content (AvgIpc) is 3.03. The van der Waals surface area contributed by atoms with E-state index in [1.165, 1.54) is 4.90 Å². The first-order valence-electron chi connectivity index (χ1n) is 9.02. The number of anilines is 1. The third kappa shape index (κ3) is 4.34. The van der Waals surface area contributed by atoms with Gasteiger partial charge in [-0.05, 0) is 30.2 Å². The van der Waals surface area contributed by atoms with Gasteiger partial charge in [0, 0.05) is 32.7 Å². The summed E-state index contributed by atoms with van der Waals surface area (Å²) < 4.78 is 0. The number of likely N-dealkylation sites (tertiary alicyclic amines) is 1. The summed E-state index contributed by atoms with van der Waals surface area (Å²) in [6.07, 6.45) is 0.824. The Balaban J connectivity index is 1.72. The molecule has 1 saturated heterocycles. The van der Waals surface area contributed by atoms with E-state index in [1.807, 2.05) is 30.3 Å². The molecule has 0 aliphatic carbocycles. The van der Waals surface area contributed by atoms with Crippen molar-refractivity contribution in [3.63, 3.8) is 0 Å². The number of hydrogen-bond acceptors (Lipinski definition) is 3. The molecular formula is C21H22ClN3O3. The van der Waals surface area contributed by atoms with Gasteiger partial charge < -0.3 is 15.1 Å². The molecule has 146 valence electrons. The predicted molar refractivity (Wildman–Crippen MR) is 108 cm³/mol. The van der Waals surface area contributed by atoms with Crippen molar-refractivity contribution in [3.8, 4) is 0 Å². The highest BCUT2D eigenvalue weighted by molar-refractivity contribution is 6.34. The molecule has 1 atom stereocenters. The molecule has 6 nitrogen and oxygen atoms in total. The first-order valence-corrected chi connectivity index (χ1v) is 9.40. The van der Waals surface area contributed by atoms with Crippen molar-refractivity contribution >= 4 is 35.0 Å². The van der Waals surface area contributed by atoms with Crippen LogP contribution in [0.3, 0.4) is 0 Å². The highest BCUT2D eigenvalue weighted by Gasteiger charge is 2.36. The Morgan fingerprint density at radius 1 is 1.18 bits per heavy atom. The second-order valence-electron chi connectivity index (χ2n) is 6.95. The average molecular weight is 400 g/mol. The lowest BCUT2D eigenvalue weighted by Gasteiger charge is -2.24. The first-order chi connectivity index (χ1) is 13.4. The van der Waals surface area contributed by atoms with Crippen LogP contribution in [0.1, 0.15) is 28.8 Å². The van der Waals surface area contributed by atoms with E-state index < -0.39 is 6.04 Å². The first kappa shape index (κ1) is 19.9. The van der Waals surface area contributed by atoms with E-state index in [4.69, 9.17) is 11.6 Å². The summed E-state index contributed by atoms with van der Waals surface area (Å²) >= 11 is 6.21. The highest BCUT2D eigenvalue weighted by atomic mass is 35.5. The Bertz CT molecular complexity index is 899. The lowest BCUT2D eigenvalue weighted by Crippen LogP contribution is -2.41. The van der Waals surface area contributed by atoms with Gasteiger partial charge in [-0.15, -0.1) is 0 Å². The number of rotatable bonds is 5. The van der Waals surface area contributed by atoms with Crippen molar-refractivity contribution in [3.05, 3.63) is 64.7 Å². The molecule has 3 rings (SSSR count). The van der Waals surface area contributed by atoms with E-state index in [9.17, 15) is 14.4 Å². The van der Waals surface area contributed by atoms with Gasteiger partial charge in [-0.3, -0.25) is 14.4 Å². The Kier molecular flexibility index (Phi) is 5.99. The van der Waals surface area contributed by atoms with Crippen LogP contribution in [0.4, 0.5) is 5.69 Å². The van der Waals surface area contributed by atoms with Crippen molar-refractivity contribution in [2.24, 2.45) is 0 Å². The molecule has 1 unspecified atom stereocenters. The van der Waals surface area contributed by atoms with Crippen molar-refractivity contribution in [2.75, 3.05) is 19.4 Å². The number of benzene rings is 2. The van der Waals surface area contributed by atoms with Crippen LogP contribution < -0.4 is 5.32 Å². The van der Waals surface area contributed by atoms with Gasteiger partial charge in [0.05, 0.1) is 10.6 Å². The van der Waals surface area contributed by atoms with Gasteiger partial charge in [0.1, 0.15) is 6.04 Å². The van der Waals surface area contributed by atoms with E-state index in [0.29, 0.717) is 30.6 Å². The second-order valence-corrected chi connectivity index (χ2v) is 7.35. The molecule has 1 aliphatic rings. The van der Waals surface area contributed by atoms with Crippen LogP contribution in [0.5, 0.6) is 0 Å². The minimum absolute atomic E-state index is 0.0334. The van der Waals surface area contributed by atoms with Crippen molar-refractivity contribution in [2.45, 2.75) is 25.4 Å². The largest absolute Gasteiger partial charge is 0.345 e. The van der Waals surface area contributed by atoms with E-state index in [-0.39, 0.29) is 22.7 Å². The third-order valence-corrected chi connectivity index (χ3v) is 5.01. The fourth-order valence-electron chi connectivity index (χ4n) is 3.22. The zero-order valence-electron chi connectivity index (χ0n) is 15.8. The molecule has 28 heavy (non-hydrogen) atoms. The summed E-state index contributed by atoms with van der Waals surface area (Å²) in [5.41, 5.74) is 1.83. The molecule has 1 fully saturated rings. The summed E-state index contributed by atoms with van der Waals surface area (Å²) in [7, 11) is 3.29. The topological polar surface area (TPSA) is 69.7 Å². The number of amides is 3. The maximum Gasteiger partial charge on any atom is 0.254 e. The van der Waals surface area contributed by atoms with E-state index in [2.05, 4.69) is 5.32 Å². The van der Waals surface area contributed by atoms with Crippen LogP contribution in [0.2, 0.25) is 5.02 Å². The molecule has 1 heterocycles. The summed E-state index contributed by atoms with van der Waals surface area (Å²) in [5.74, 6) is -0.503. The minimum Gasteiger partial charge on any atom is -0.345 e. The number of carbonyl (C=O) groups excluding carboxylic acids is 3. The smallest absolute Gasteiger partial charge is 0.254 e. The zero-order valence-corrected chi connectivity index (χ0v) is 16.6. The number of hydrogen-bond donors (Lipinski definition) is 1. The normalized spacial score (nSPS) is 16.2. The van der Waals surface area contributed by atoms with E-state index in [0.717, 1.165) is 5.56 Å². The van der Waals surface area contributed by atoms with Gasteiger partial charge in [-0.2, -0.15) is 0 Å². The van der Waals surface area contributed by atoms with Crippen LogP contribution in [-0.4, -0.2) is 47.7 Å². The van der Waals surface area contributed by atoms with Crippen molar-refractivity contribution < 1.29 is 14.4 Å². The molecule has 7 heteroatoms. The quantitative estimate of drug-likeness (QED) is 0.839. The molecule has 3 amide bonds. The Morgan fingerprint density at radius 2 is 1.89 bits per heavy atom. The fourth-order valence-corrected chi connectivity index (χ4v) is 3.48. The summed E-state index contributed by atoms with van der Waals surface area (Å²) in [5, 5.41) is 3.08. The number of nitrogens with zero attached hydrogens (tertiary/aromatic N) is 2. The number of carbonyl (C=O) groups is 3. The van der Waals surface area contributed by atoms with Crippen LogP contribution in [0.15, 0.2) is 48.5 Å². The second kappa shape index (κ2) is 8.44. The molecule has 0 bridgehead atoms. The Morgan fingerprint density at radius 3 is 2.54 bits per heavy atom. The van der Waals surface area contributed by atoms with Gasteiger partial charge in [-0.25, -0.2) is 0 Å². The van der Waals surface area contributed by atoms with Crippen LogP contribution >= 0.6 is 11.6 Å². The van der Waals surface area contributed by atoms with Crippen molar-refractivity contribution in [1.82, 2.24) is 9.80 Å². The number of halogens is 1. The third-order valence-electron chi connectivity index (χ3n) is 4.70. The van der Waals surface area contributed by atoms with Crippen LogP contribution in [0, 0.1) is 0 Å². The molecule has 0 aromatic heterocycles. The Hall–Kier alpha value is -2.86. The molecule has 1 N–H and O–H groups in total. The van der Waals surface area contributed by atoms with Gasteiger partial charge >= 0.3 is 0 Å². The lowest BCUT2D eigenvalue weighted by molar-refractivity contribution is -0.133. The lowest BCUT2D eigenvalue weighted by atomic mass is 10.1. The van der Waals surface area contributed by atoms with Gasteiger partial charge in [-0.1, -0.05) is 41.9 Å². The van der Waals surface area contributed by atoms with E-state index in [1.54, 1.807) is 37.2 Å². The summed E-state index contributed by atoms with van der Waals surface area (Å²) in [6, 6.07) is 13.8. The zero-order chi connectivity index (χ0) is 20.3. The molecular weight excluding hydrogens is 378 g/mol. The van der Waals surface area contributed by atoms with Crippen molar-refractivity contribution in [1.29, 1.82) is 0 Å². The van der Waals surface area contributed by atoms with Gasteiger partial charge in [0.25, 0.3) is 5.91 Å². The van der Waals surface area contributed by atoms with Crippen LogP contribution in [0.25, 0.3) is 0 Å². The molecule has 1 aliphatic heterocycles. The maximum atomic E-state index is 12.8. The molecule has 0 spiro atoms. The number of nitrogens with one attached hydrogen (secondary N) is 1. The van der Waals surface area contributed by atoms with Crippen LogP contribution in [-0.2, 0) is 16.1 Å². The molecule has 2 aromatic rings. The standard InChI is InChI=1S/C21H22ClN3O3/c1-24(2)21(28)16-9-8-15(12-17(16)22)23-20(27)18-10-11-19(26)25(18)13-14-6-4-3-5-7-14/h3-9,12,18H,10-11,13H2,1-2H3,(H,23,27). The SMILES string of the molecule is CN(C)C(=O)c1ccc(NC(=O)C2CCC(=O)N2Cc2ccccc2)cc1Cl. The van der Waals surface area contributed by atoms with Gasteiger partial charge in [0.15, 0.2) is 0 Å².